The van der Waals surface area contributed by atoms with Crippen molar-refractivity contribution in [3.05, 3.63) is 41.2 Å². The molecule has 0 aliphatic rings. The average Bonchev–Trinajstić information content (AvgIpc) is 2.40. The minimum absolute atomic E-state index is 0.126. The Hall–Kier alpha value is -1.88. The fourth-order valence-electron chi connectivity index (χ4n) is 1.57. The Labute approximate surface area is 117 Å². The lowest BCUT2D eigenvalue weighted by molar-refractivity contribution is 0.312. The first-order valence-electron chi connectivity index (χ1n) is 6.10. The highest BCUT2D eigenvalue weighted by molar-refractivity contribution is 6.28. The normalized spacial score (nSPS) is 10.2. The van der Waals surface area contributed by atoms with Gasteiger partial charge in [-0.05, 0) is 30.5 Å². The number of hydrogen-bond donors (Lipinski definition) is 1. The summed E-state index contributed by atoms with van der Waals surface area (Å²) in [5.41, 5.74) is 1.25. The van der Waals surface area contributed by atoms with E-state index < -0.39 is 0 Å². The summed E-state index contributed by atoms with van der Waals surface area (Å²) >= 11 is 5.80. The van der Waals surface area contributed by atoms with E-state index in [-0.39, 0.29) is 11.3 Å². The second-order valence-electron chi connectivity index (χ2n) is 3.81. The molecular formula is C13H15ClN4O. The van der Waals surface area contributed by atoms with Gasteiger partial charge in [0, 0.05) is 6.54 Å². The Bertz CT molecular complexity index is 521. The molecule has 1 N–H and O–H groups in total. The van der Waals surface area contributed by atoms with Crippen LogP contribution in [0, 0.1) is 0 Å². The quantitative estimate of drug-likeness (QED) is 0.880. The van der Waals surface area contributed by atoms with Gasteiger partial charge in [-0.15, -0.1) is 0 Å². The van der Waals surface area contributed by atoms with Gasteiger partial charge in [0.15, 0.2) is 0 Å². The lowest BCUT2D eigenvalue weighted by Gasteiger charge is -2.06. The molecule has 0 spiro atoms. The Balaban J connectivity index is 1.92. The molecule has 2 aromatic rings. The van der Waals surface area contributed by atoms with Crippen molar-refractivity contribution in [2.24, 2.45) is 0 Å². The first-order chi connectivity index (χ1) is 9.28. The van der Waals surface area contributed by atoms with Crippen LogP contribution in [0.25, 0.3) is 0 Å². The van der Waals surface area contributed by atoms with Crippen LogP contribution in [0.15, 0.2) is 30.3 Å². The SMILES string of the molecule is CCOc1nc(Cl)nc(NCCc2ccccc2)n1. The minimum Gasteiger partial charge on any atom is -0.464 e. The van der Waals surface area contributed by atoms with Gasteiger partial charge in [0.25, 0.3) is 0 Å². The van der Waals surface area contributed by atoms with E-state index in [9.17, 15) is 0 Å². The summed E-state index contributed by atoms with van der Waals surface area (Å²) in [4.78, 5) is 12.0. The smallest absolute Gasteiger partial charge is 0.322 e. The summed E-state index contributed by atoms with van der Waals surface area (Å²) in [5.74, 6) is 0.430. The molecule has 0 amide bonds. The summed E-state index contributed by atoms with van der Waals surface area (Å²) in [6, 6.07) is 10.4. The molecule has 0 saturated heterocycles. The molecule has 0 aliphatic heterocycles. The molecule has 6 heteroatoms. The van der Waals surface area contributed by atoms with Crippen molar-refractivity contribution in [1.29, 1.82) is 0 Å². The van der Waals surface area contributed by atoms with Crippen molar-refractivity contribution in [2.45, 2.75) is 13.3 Å². The second-order valence-corrected chi connectivity index (χ2v) is 4.14. The maximum atomic E-state index is 5.80. The third-order valence-electron chi connectivity index (χ3n) is 2.40. The van der Waals surface area contributed by atoms with Crippen molar-refractivity contribution in [2.75, 3.05) is 18.5 Å². The van der Waals surface area contributed by atoms with Crippen LogP contribution in [0.4, 0.5) is 5.95 Å². The molecule has 100 valence electrons. The van der Waals surface area contributed by atoms with E-state index in [2.05, 4.69) is 32.4 Å². The number of benzene rings is 1. The van der Waals surface area contributed by atoms with Gasteiger partial charge >= 0.3 is 6.01 Å². The van der Waals surface area contributed by atoms with Crippen molar-refractivity contribution in [3.63, 3.8) is 0 Å². The number of aromatic nitrogens is 3. The van der Waals surface area contributed by atoms with E-state index in [0.29, 0.717) is 12.6 Å². The molecule has 0 atom stereocenters. The molecule has 1 heterocycles. The monoisotopic (exact) mass is 278 g/mol. The van der Waals surface area contributed by atoms with Crippen LogP contribution in [0.3, 0.4) is 0 Å². The van der Waals surface area contributed by atoms with E-state index in [4.69, 9.17) is 16.3 Å². The Morgan fingerprint density at radius 2 is 1.95 bits per heavy atom. The van der Waals surface area contributed by atoms with Crippen LogP contribution < -0.4 is 10.1 Å². The maximum absolute atomic E-state index is 5.80. The van der Waals surface area contributed by atoms with Crippen LogP contribution in [-0.2, 0) is 6.42 Å². The molecule has 19 heavy (non-hydrogen) atoms. The van der Waals surface area contributed by atoms with Gasteiger partial charge in [0.05, 0.1) is 6.61 Å². The molecule has 0 bridgehead atoms. The fraction of sp³-hybridized carbons (Fsp3) is 0.308. The summed E-state index contributed by atoms with van der Waals surface area (Å²) in [7, 11) is 0. The number of nitrogens with zero attached hydrogens (tertiary/aromatic N) is 3. The van der Waals surface area contributed by atoms with E-state index in [1.165, 1.54) is 5.56 Å². The van der Waals surface area contributed by atoms with Gasteiger partial charge in [-0.1, -0.05) is 30.3 Å². The highest BCUT2D eigenvalue weighted by Gasteiger charge is 2.05. The van der Waals surface area contributed by atoms with Crippen molar-refractivity contribution >= 4 is 17.5 Å². The fourth-order valence-corrected chi connectivity index (χ4v) is 1.72. The summed E-state index contributed by atoms with van der Waals surface area (Å²) in [5, 5.41) is 3.23. The molecular weight excluding hydrogens is 264 g/mol. The summed E-state index contributed by atoms with van der Waals surface area (Å²) < 4.78 is 5.21. The zero-order valence-corrected chi connectivity index (χ0v) is 11.4. The number of rotatable bonds is 6. The first-order valence-corrected chi connectivity index (χ1v) is 6.48. The largest absolute Gasteiger partial charge is 0.464 e. The minimum atomic E-state index is 0.126. The predicted octanol–water partition coefficient (Wildman–Crippen LogP) is 2.58. The highest BCUT2D eigenvalue weighted by atomic mass is 35.5. The molecule has 1 aromatic heterocycles. The standard InChI is InChI=1S/C13H15ClN4O/c1-2-19-13-17-11(14)16-12(18-13)15-9-8-10-6-4-3-5-7-10/h3-7H,2,8-9H2,1H3,(H,15,16,17,18). The molecule has 0 saturated carbocycles. The molecule has 1 aromatic carbocycles. The van der Waals surface area contributed by atoms with E-state index >= 15 is 0 Å². The van der Waals surface area contributed by atoms with Gasteiger partial charge in [0.2, 0.25) is 11.2 Å². The van der Waals surface area contributed by atoms with E-state index in [0.717, 1.165) is 13.0 Å². The summed E-state index contributed by atoms with van der Waals surface area (Å²) in [6.45, 7) is 3.07. The lowest BCUT2D eigenvalue weighted by atomic mass is 10.1. The Kier molecular flexibility index (Phi) is 4.92. The Morgan fingerprint density at radius 1 is 1.16 bits per heavy atom. The number of hydrogen-bond acceptors (Lipinski definition) is 5. The van der Waals surface area contributed by atoms with Crippen LogP contribution in [-0.4, -0.2) is 28.1 Å². The lowest BCUT2D eigenvalue weighted by Crippen LogP contribution is -2.10. The van der Waals surface area contributed by atoms with Crippen LogP contribution in [0.1, 0.15) is 12.5 Å². The van der Waals surface area contributed by atoms with Crippen LogP contribution in [0.2, 0.25) is 5.28 Å². The van der Waals surface area contributed by atoms with Crippen molar-refractivity contribution < 1.29 is 4.74 Å². The summed E-state index contributed by atoms with van der Waals surface area (Å²) in [6.07, 6.45) is 0.883. The molecule has 2 rings (SSSR count). The molecule has 0 unspecified atom stereocenters. The Morgan fingerprint density at radius 3 is 2.68 bits per heavy atom. The first kappa shape index (κ1) is 13.5. The third-order valence-corrected chi connectivity index (χ3v) is 2.57. The van der Waals surface area contributed by atoms with Gasteiger partial charge < -0.3 is 10.1 Å². The second kappa shape index (κ2) is 6.89. The molecule has 0 fully saturated rings. The van der Waals surface area contributed by atoms with E-state index in [1.54, 1.807) is 0 Å². The third kappa shape index (κ3) is 4.37. The predicted molar refractivity (Wildman–Crippen MR) is 74.6 cm³/mol. The maximum Gasteiger partial charge on any atom is 0.322 e. The van der Waals surface area contributed by atoms with Gasteiger partial charge in [-0.25, -0.2) is 0 Å². The number of ether oxygens (including phenoxy) is 1. The number of nitrogens with one attached hydrogen (secondary N) is 1. The number of anilines is 1. The van der Waals surface area contributed by atoms with E-state index in [1.807, 2.05) is 25.1 Å². The topological polar surface area (TPSA) is 59.9 Å². The van der Waals surface area contributed by atoms with Gasteiger partial charge in [-0.3, -0.25) is 0 Å². The van der Waals surface area contributed by atoms with Crippen molar-refractivity contribution in [1.82, 2.24) is 15.0 Å². The van der Waals surface area contributed by atoms with Gasteiger partial charge in [-0.2, -0.15) is 15.0 Å². The molecule has 0 radical (unpaired) electrons. The zero-order valence-electron chi connectivity index (χ0n) is 10.6. The van der Waals surface area contributed by atoms with Crippen LogP contribution >= 0.6 is 11.6 Å². The zero-order chi connectivity index (χ0) is 13.5. The average molecular weight is 279 g/mol. The van der Waals surface area contributed by atoms with Crippen LogP contribution in [0.5, 0.6) is 6.01 Å². The highest BCUT2D eigenvalue weighted by Crippen LogP contribution is 2.11. The van der Waals surface area contributed by atoms with Gasteiger partial charge in [0.1, 0.15) is 0 Å². The van der Waals surface area contributed by atoms with Crippen molar-refractivity contribution in [3.8, 4) is 6.01 Å². The number of halogens is 1. The molecule has 5 nitrogen and oxygen atoms in total. The molecule has 0 aliphatic carbocycles.